The number of nitrogens with one attached hydrogen (secondary N) is 3. The van der Waals surface area contributed by atoms with E-state index in [2.05, 4.69) is 53.9 Å². The molecular formula is C22H34IN5O. The number of carbonyl (C=O) groups is 1. The zero-order chi connectivity index (χ0) is 19.9. The topological polar surface area (TPSA) is 72.5 Å². The molecule has 29 heavy (non-hydrogen) atoms. The van der Waals surface area contributed by atoms with Crippen LogP contribution in [-0.4, -0.2) is 54.0 Å². The van der Waals surface area contributed by atoms with Gasteiger partial charge >= 0.3 is 0 Å². The number of aliphatic imine (C=N–C) groups is 1. The number of carbonyl (C=O) groups excluding carboxylic acids is 1. The lowest BCUT2D eigenvalue weighted by atomic mass is 10.1. The van der Waals surface area contributed by atoms with Crippen molar-refractivity contribution in [3.8, 4) is 0 Å². The quantitative estimate of drug-likeness (QED) is 0.303. The van der Waals surface area contributed by atoms with Gasteiger partial charge in [0.05, 0.1) is 0 Å². The van der Waals surface area contributed by atoms with E-state index >= 15 is 0 Å². The van der Waals surface area contributed by atoms with Gasteiger partial charge in [-0.3, -0.25) is 9.79 Å². The number of guanidine groups is 1. The van der Waals surface area contributed by atoms with Crippen LogP contribution >= 0.6 is 24.0 Å². The Morgan fingerprint density at radius 3 is 2.83 bits per heavy atom. The van der Waals surface area contributed by atoms with Crippen molar-refractivity contribution in [1.29, 1.82) is 0 Å². The minimum absolute atomic E-state index is 0. The summed E-state index contributed by atoms with van der Waals surface area (Å²) >= 11 is 0. The molecule has 6 nitrogen and oxygen atoms in total. The van der Waals surface area contributed by atoms with Crippen LogP contribution in [0.4, 0.5) is 0 Å². The summed E-state index contributed by atoms with van der Waals surface area (Å²) in [5.74, 6) is 1.07. The normalized spacial score (nSPS) is 16.7. The molecule has 1 aromatic heterocycles. The number of rotatable bonds is 7. The standard InChI is InChI=1S/C22H33N5O.HI/c1-4-16-8-7-9-19-17(14-25-21(16)19)10-12-24-22(23-6-3)26-18-11-13-27(15-18)20(28)5-2;/h7-9,14,18,25H,4-6,10-13,15H2,1-3H3,(H2,23,24,26);1H. The zero-order valence-corrected chi connectivity index (χ0v) is 20.1. The third-order valence-corrected chi connectivity index (χ3v) is 5.45. The number of aryl methyl sites for hydroxylation is 1. The number of amides is 1. The van der Waals surface area contributed by atoms with Crippen molar-refractivity contribution < 1.29 is 4.79 Å². The highest BCUT2D eigenvalue weighted by Crippen LogP contribution is 2.22. The number of para-hydroxylation sites is 1. The third-order valence-electron chi connectivity index (χ3n) is 5.45. The van der Waals surface area contributed by atoms with Gasteiger partial charge in [-0.15, -0.1) is 24.0 Å². The van der Waals surface area contributed by atoms with E-state index < -0.39 is 0 Å². The Morgan fingerprint density at radius 2 is 2.10 bits per heavy atom. The van der Waals surface area contributed by atoms with Crippen molar-refractivity contribution >= 4 is 46.7 Å². The minimum atomic E-state index is 0. The van der Waals surface area contributed by atoms with E-state index in [-0.39, 0.29) is 35.9 Å². The first-order valence-electron chi connectivity index (χ1n) is 10.6. The number of aromatic amines is 1. The first-order valence-corrected chi connectivity index (χ1v) is 10.6. The molecule has 7 heteroatoms. The molecule has 0 aliphatic carbocycles. The van der Waals surface area contributed by atoms with Crippen molar-refractivity contribution in [2.24, 2.45) is 4.99 Å². The van der Waals surface area contributed by atoms with Gasteiger partial charge in [0.15, 0.2) is 5.96 Å². The Morgan fingerprint density at radius 1 is 1.28 bits per heavy atom. The Balaban J connectivity index is 0.00000300. The van der Waals surface area contributed by atoms with Gasteiger partial charge < -0.3 is 20.5 Å². The summed E-state index contributed by atoms with van der Waals surface area (Å²) in [5.41, 5.74) is 3.92. The maximum Gasteiger partial charge on any atom is 0.222 e. The third kappa shape index (κ3) is 5.87. The van der Waals surface area contributed by atoms with E-state index in [0.29, 0.717) is 6.42 Å². The molecule has 0 saturated carbocycles. The molecule has 2 aromatic rings. The minimum Gasteiger partial charge on any atom is -0.361 e. The monoisotopic (exact) mass is 511 g/mol. The molecule has 1 fully saturated rings. The van der Waals surface area contributed by atoms with E-state index in [0.717, 1.165) is 51.4 Å². The number of hydrogen-bond acceptors (Lipinski definition) is 2. The van der Waals surface area contributed by atoms with Gasteiger partial charge in [0.1, 0.15) is 0 Å². The lowest BCUT2D eigenvalue weighted by molar-refractivity contribution is -0.129. The molecule has 1 unspecified atom stereocenters. The molecule has 3 rings (SSSR count). The second-order valence-corrected chi connectivity index (χ2v) is 7.34. The van der Waals surface area contributed by atoms with Crippen molar-refractivity contribution in [3.63, 3.8) is 0 Å². The predicted molar refractivity (Wildman–Crippen MR) is 131 cm³/mol. The van der Waals surface area contributed by atoms with Crippen LogP contribution in [0.15, 0.2) is 29.4 Å². The summed E-state index contributed by atoms with van der Waals surface area (Å²) in [4.78, 5) is 22.0. The largest absolute Gasteiger partial charge is 0.361 e. The second-order valence-electron chi connectivity index (χ2n) is 7.34. The fraction of sp³-hybridized carbons (Fsp3) is 0.545. The summed E-state index contributed by atoms with van der Waals surface area (Å²) < 4.78 is 0. The highest BCUT2D eigenvalue weighted by Gasteiger charge is 2.25. The first kappa shape index (κ1) is 23.5. The molecule has 0 radical (unpaired) electrons. The highest BCUT2D eigenvalue weighted by atomic mass is 127. The molecule has 3 N–H and O–H groups in total. The lowest BCUT2D eigenvalue weighted by Crippen LogP contribution is -2.45. The number of nitrogens with zero attached hydrogens (tertiary/aromatic N) is 2. The molecule has 0 spiro atoms. The van der Waals surface area contributed by atoms with Gasteiger partial charge in [0.2, 0.25) is 5.91 Å². The van der Waals surface area contributed by atoms with Crippen LogP contribution < -0.4 is 10.6 Å². The number of aromatic nitrogens is 1. The molecular weight excluding hydrogens is 477 g/mol. The number of halogens is 1. The van der Waals surface area contributed by atoms with Crippen molar-refractivity contribution in [3.05, 3.63) is 35.5 Å². The average Bonchev–Trinajstić information content (AvgIpc) is 3.34. The van der Waals surface area contributed by atoms with Crippen LogP contribution in [0.1, 0.15) is 44.7 Å². The zero-order valence-electron chi connectivity index (χ0n) is 17.8. The van der Waals surface area contributed by atoms with Gasteiger partial charge in [-0.1, -0.05) is 32.0 Å². The Kier molecular flexibility index (Phi) is 9.26. The summed E-state index contributed by atoms with van der Waals surface area (Å²) in [6.07, 6.45) is 5.59. The van der Waals surface area contributed by atoms with Gasteiger partial charge in [-0.05, 0) is 37.3 Å². The van der Waals surface area contributed by atoms with Crippen LogP contribution in [-0.2, 0) is 17.6 Å². The van der Waals surface area contributed by atoms with E-state index in [1.807, 2.05) is 11.8 Å². The van der Waals surface area contributed by atoms with Crippen LogP contribution in [0.25, 0.3) is 10.9 Å². The number of benzene rings is 1. The van der Waals surface area contributed by atoms with Crippen LogP contribution in [0, 0.1) is 0 Å². The molecule has 2 heterocycles. The highest BCUT2D eigenvalue weighted by molar-refractivity contribution is 14.0. The summed E-state index contributed by atoms with van der Waals surface area (Å²) in [6.45, 7) is 9.32. The molecule has 1 aliphatic rings. The van der Waals surface area contributed by atoms with Crippen LogP contribution in [0.5, 0.6) is 0 Å². The van der Waals surface area contributed by atoms with Crippen LogP contribution in [0.3, 0.4) is 0 Å². The van der Waals surface area contributed by atoms with Gasteiger partial charge in [0.25, 0.3) is 0 Å². The average molecular weight is 511 g/mol. The first-order chi connectivity index (χ1) is 13.7. The second kappa shape index (κ2) is 11.4. The van der Waals surface area contributed by atoms with Gasteiger partial charge in [-0.25, -0.2) is 0 Å². The number of hydrogen-bond donors (Lipinski definition) is 3. The Labute approximate surface area is 190 Å². The van der Waals surface area contributed by atoms with Crippen molar-refractivity contribution in [1.82, 2.24) is 20.5 Å². The molecule has 1 saturated heterocycles. The molecule has 1 aliphatic heterocycles. The summed E-state index contributed by atoms with van der Waals surface area (Å²) in [6, 6.07) is 6.78. The van der Waals surface area contributed by atoms with Crippen molar-refractivity contribution in [2.45, 2.75) is 52.5 Å². The van der Waals surface area contributed by atoms with Gasteiger partial charge in [0, 0.05) is 55.7 Å². The molecule has 160 valence electrons. The Hall–Kier alpha value is -1.77. The van der Waals surface area contributed by atoms with Crippen LogP contribution in [0.2, 0.25) is 0 Å². The fourth-order valence-corrected chi connectivity index (χ4v) is 3.91. The molecule has 1 amide bonds. The summed E-state index contributed by atoms with van der Waals surface area (Å²) in [5, 5.41) is 8.13. The smallest absolute Gasteiger partial charge is 0.222 e. The number of likely N-dealkylation sites (tertiary alicyclic amines) is 1. The van der Waals surface area contributed by atoms with E-state index in [1.165, 1.54) is 22.0 Å². The lowest BCUT2D eigenvalue weighted by Gasteiger charge is -2.18. The van der Waals surface area contributed by atoms with Crippen molar-refractivity contribution in [2.75, 3.05) is 26.2 Å². The SMILES string of the molecule is CCNC(=NCCc1c[nH]c2c(CC)cccc12)NC1CCN(C(=O)CC)C1.I. The fourth-order valence-electron chi connectivity index (χ4n) is 3.91. The maximum absolute atomic E-state index is 11.9. The van der Waals surface area contributed by atoms with E-state index in [1.54, 1.807) is 0 Å². The Bertz CT molecular complexity index is 832. The van der Waals surface area contributed by atoms with Gasteiger partial charge in [-0.2, -0.15) is 0 Å². The summed E-state index contributed by atoms with van der Waals surface area (Å²) in [7, 11) is 0. The number of fused-ring (bicyclic) bond motifs is 1. The van der Waals surface area contributed by atoms with E-state index in [4.69, 9.17) is 4.99 Å². The predicted octanol–water partition coefficient (Wildman–Crippen LogP) is 3.46. The van der Waals surface area contributed by atoms with E-state index in [9.17, 15) is 4.79 Å². The maximum atomic E-state index is 11.9. The molecule has 0 bridgehead atoms. The molecule has 1 atom stereocenters. The number of H-pyrrole nitrogens is 1. The molecule has 1 aromatic carbocycles.